The third-order valence-corrected chi connectivity index (χ3v) is 1.90. The van der Waals surface area contributed by atoms with E-state index in [1.807, 2.05) is 23.3 Å². The van der Waals surface area contributed by atoms with Gasteiger partial charge in [0.05, 0.1) is 12.7 Å². The zero-order valence-corrected chi connectivity index (χ0v) is 7.30. The van der Waals surface area contributed by atoms with Crippen LogP contribution in [0.3, 0.4) is 0 Å². The van der Waals surface area contributed by atoms with Crippen molar-refractivity contribution >= 4 is 0 Å². The minimum Gasteiger partial charge on any atom is -0.337 e. The lowest BCUT2D eigenvalue weighted by atomic mass is 10.4. The molecule has 0 amide bonds. The van der Waals surface area contributed by atoms with Gasteiger partial charge < -0.3 is 9.13 Å². The smallest absolute Gasteiger partial charge is 0.108 e. The molecule has 0 saturated heterocycles. The summed E-state index contributed by atoms with van der Waals surface area (Å²) in [4.78, 5) is 7.83. The fourth-order valence-electron chi connectivity index (χ4n) is 1.23. The summed E-state index contributed by atoms with van der Waals surface area (Å²) in [5, 5.41) is 0. The van der Waals surface area contributed by atoms with Gasteiger partial charge in [-0.25, -0.2) is 9.97 Å². The molecule has 0 saturated carbocycles. The molecule has 1 radical (unpaired) electrons. The van der Waals surface area contributed by atoms with Crippen molar-refractivity contribution in [3.8, 4) is 0 Å². The molecule has 67 valence electrons. The molecular weight excluding hydrogens is 164 g/mol. The van der Waals surface area contributed by atoms with Crippen LogP contribution in [0.25, 0.3) is 0 Å². The normalized spacial score (nSPS) is 10.5. The van der Waals surface area contributed by atoms with Crippen LogP contribution >= 0.6 is 0 Å². The van der Waals surface area contributed by atoms with Gasteiger partial charge in [-0.1, -0.05) is 0 Å². The fourth-order valence-corrected chi connectivity index (χ4v) is 1.23. The maximum absolute atomic E-state index is 3.98. The summed E-state index contributed by atoms with van der Waals surface area (Å²) in [5.74, 6) is 0. The van der Waals surface area contributed by atoms with E-state index < -0.39 is 0 Å². The molecule has 0 aromatic carbocycles. The summed E-state index contributed by atoms with van der Waals surface area (Å²) in [5.41, 5.74) is 0. The molecular formula is C9H11N4. The highest BCUT2D eigenvalue weighted by Gasteiger charge is 1.91. The van der Waals surface area contributed by atoms with Crippen molar-refractivity contribution in [3.63, 3.8) is 0 Å². The van der Waals surface area contributed by atoms with Crippen LogP contribution in [0, 0.1) is 6.20 Å². The molecule has 0 aliphatic carbocycles. The predicted octanol–water partition coefficient (Wildman–Crippen LogP) is 0.970. The van der Waals surface area contributed by atoms with Crippen LogP contribution in [0.15, 0.2) is 31.2 Å². The number of hydrogen-bond acceptors (Lipinski definition) is 2. The number of aryl methyl sites for hydroxylation is 2. The van der Waals surface area contributed by atoms with Crippen LogP contribution in [-0.2, 0) is 13.1 Å². The Morgan fingerprint density at radius 3 is 2.77 bits per heavy atom. The second-order valence-corrected chi connectivity index (χ2v) is 2.89. The van der Waals surface area contributed by atoms with Crippen LogP contribution < -0.4 is 0 Å². The minimum atomic E-state index is 0.981. The second kappa shape index (κ2) is 3.89. The van der Waals surface area contributed by atoms with Gasteiger partial charge in [-0.3, -0.25) is 0 Å². The molecule has 0 unspecified atom stereocenters. The van der Waals surface area contributed by atoms with E-state index in [1.165, 1.54) is 0 Å². The molecule has 0 spiro atoms. The molecule has 13 heavy (non-hydrogen) atoms. The quantitative estimate of drug-likeness (QED) is 0.694. The van der Waals surface area contributed by atoms with Crippen LogP contribution in [0.4, 0.5) is 0 Å². The van der Waals surface area contributed by atoms with Gasteiger partial charge >= 0.3 is 0 Å². The molecule has 4 heteroatoms. The van der Waals surface area contributed by atoms with Crippen LogP contribution in [0.1, 0.15) is 6.42 Å². The zero-order valence-electron chi connectivity index (χ0n) is 7.30. The minimum absolute atomic E-state index is 0.981. The van der Waals surface area contributed by atoms with E-state index in [2.05, 4.69) is 20.7 Å². The molecule has 4 nitrogen and oxygen atoms in total. The standard InChI is InChI=1S/C9H11N4/c1(4-12-6-2-10-8-12)5-13-7-3-11-9-13/h2,6-9H,1,4-5H2. The third kappa shape index (κ3) is 2.18. The molecule has 0 bridgehead atoms. The summed E-state index contributed by atoms with van der Waals surface area (Å²) in [6.07, 6.45) is 13.1. The first-order valence-electron chi connectivity index (χ1n) is 4.29. The molecule has 2 aromatic heterocycles. The lowest BCUT2D eigenvalue weighted by molar-refractivity contribution is 0.563. The Hall–Kier alpha value is -1.58. The van der Waals surface area contributed by atoms with Crippen LogP contribution in [0.5, 0.6) is 0 Å². The second-order valence-electron chi connectivity index (χ2n) is 2.89. The summed E-state index contributed by atoms with van der Waals surface area (Å²) in [6, 6.07) is 0. The molecule has 0 fully saturated rings. The summed E-state index contributed by atoms with van der Waals surface area (Å²) in [7, 11) is 0. The molecule has 2 rings (SSSR count). The van der Waals surface area contributed by atoms with E-state index >= 15 is 0 Å². The lowest BCUT2D eigenvalue weighted by Crippen LogP contribution is -2.00. The first-order valence-corrected chi connectivity index (χ1v) is 4.29. The van der Waals surface area contributed by atoms with E-state index in [9.17, 15) is 0 Å². The van der Waals surface area contributed by atoms with E-state index in [1.54, 1.807) is 12.5 Å². The summed E-state index contributed by atoms with van der Waals surface area (Å²) >= 11 is 0. The van der Waals surface area contributed by atoms with Gasteiger partial charge in [0.2, 0.25) is 0 Å². The maximum Gasteiger partial charge on any atom is 0.108 e. The molecule has 2 aromatic rings. The van der Waals surface area contributed by atoms with Gasteiger partial charge in [0, 0.05) is 31.7 Å². The number of aromatic nitrogens is 4. The average molecular weight is 175 g/mol. The highest BCUT2D eigenvalue weighted by atomic mass is 15.0. The van der Waals surface area contributed by atoms with Gasteiger partial charge in [-0.05, 0) is 6.42 Å². The monoisotopic (exact) mass is 175 g/mol. The predicted molar refractivity (Wildman–Crippen MR) is 47.9 cm³/mol. The number of imidazole rings is 2. The Morgan fingerprint density at radius 1 is 1.15 bits per heavy atom. The average Bonchev–Trinajstić information content (AvgIpc) is 2.75. The van der Waals surface area contributed by atoms with Crippen molar-refractivity contribution in [2.24, 2.45) is 0 Å². The van der Waals surface area contributed by atoms with E-state index in [0.717, 1.165) is 19.5 Å². The Labute approximate surface area is 76.9 Å². The van der Waals surface area contributed by atoms with Crippen LogP contribution in [0.2, 0.25) is 0 Å². The zero-order chi connectivity index (χ0) is 8.93. The van der Waals surface area contributed by atoms with Gasteiger partial charge in [0.15, 0.2) is 0 Å². The molecule has 0 aliphatic heterocycles. The SMILES string of the molecule is [c]1cn(CCCn2ccnc2)cn1. The molecule has 0 N–H and O–H groups in total. The largest absolute Gasteiger partial charge is 0.337 e. The number of nitrogens with zero attached hydrogens (tertiary/aromatic N) is 4. The maximum atomic E-state index is 3.98. The lowest BCUT2D eigenvalue weighted by Gasteiger charge is -2.02. The highest BCUT2D eigenvalue weighted by molar-refractivity contribution is 4.75. The summed E-state index contributed by atoms with van der Waals surface area (Å²) in [6.45, 7) is 1.98. The van der Waals surface area contributed by atoms with E-state index in [4.69, 9.17) is 0 Å². The number of rotatable bonds is 4. The third-order valence-electron chi connectivity index (χ3n) is 1.90. The van der Waals surface area contributed by atoms with Crippen molar-refractivity contribution < 1.29 is 0 Å². The van der Waals surface area contributed by atoms with Gasteiger partial charge in [0.1, 0.15) is 6.20 Å². The van der Waals surface area contributed by atoms with Crippen molar-refractivity contribution in [1.82, 2.24) is 19.1 Å². The highest BCUT2D eigenvalue weighted by Crippen LogP contribution is 1.94. The van der Waals surface area contributed by atoms with Gasteiger partial charge in [-0.15, -0.1) is 0 Å². The molecule has 0 atom stereocenters. The van der Waals surface area contributed by atoms with Crippen molar-refractivity contribution in [3.05, 3.63) is 37.4 Å². The Bertz CT molecular complexity index is 288. The Morgan fingerprint density at radius 2 is 2.08 bits per heavy atom. The Kier molecular flexibility index (Phi) is 2.40. The van der Waals surface area contributed by atoms with E-state index in [-0.39, 0.29) is 0 Å². The van der Waals surface area contributed by atoms with E-state index in [0.29, 0.717) is 0 Å². The van der Waals surface area contributed by atoms with Crippen molar-refractivity contribution in [2.45, 2.75) is 19.5 Å². The van der Waals surface area contributed by atoms with Gasteiger partial charge in [0.25, 0.3) is 0 Å². The summed E-state index contributed by atoms with van der Waals surface area (Å²) < 4.78 is 4.09. The first kappa shape index (κ1) is 8.04. The topological polar surface area (TPSA) is 35.6 Å². The fraction of sp³-hybridized carbons (Fsp3) is 0.333. The van der Waals surface area contributed by atoms with Crippen molar-refractivity contribution in [2.75, 3.05) is 0 Å². The molecule has 0 aliphatic rings. The van der Waals surface area contributed by atoms with Crippen molar-refractivity contribution in [1.29, 1.82) is 0 Å². The van der Waals surface area contributed by atoms with Gasteiger partial charge in [-0.2, -0.15) is 0 Å². The first-order chi connectivity index (χ1) is 6.45. The Balaban J connectivity index is 1.76. The molecule has 2 heterocycles. The number of hydrogen-bond donors (Lipinski definition) is 0. The van der Waals surface area contributed by atoms with Crippen LogP contribution in [-0.4, -0.2) is 19.1 Å².